The topological polar surface area (TPSA) is 72.8 Å². The third kappa shape index (κ3) is 7.19. The Bertz CT molecular complexity index is 1880. The fraction of sp³-hybridized carbons (Fsp3) is 0.351. The van der Waals surface area contributed by atoms with Crippen molar-refractivity contribution in [2.24, 2.45) is 0 Å². The standard InChI is InChI=1S/C37H38F5N3O4/c1-5-49-31(46)18-11-19-44(3)34(23-12-7-6-8-13-23)29-21-43-35-25(20-26-27(37(40,41)42)15-10-16-28(26)38)22(2)32(36(47)45(29)35)24-14-9-17-30(48-4)33(24)39/h6-10,12-17,29,34,43H,5,11,18-21H2,1-4H3/t29-,34?/m0/s1. The van der Waals surface area contributed by atoms with Crippen molar-refractivity contribution in [1.82, 2.24) is 9.47 Å². The molecule has 2 heterocycles. The molecule has 0 fully saturated rings. The molecule has 0 radical (unpaired) electrons. The number of carbonyl (C=O) groups is 1. The van der Waals surface area contributed by atoms with Crippen LogP contribution in [0.25, 0.3) is 11.1 Å². The number of hydrogen-bond donors (Lipinski definition) is 1. The van der Waals surface area contributed by atoms with Crippen molar-refractivity contribution >= 4 is 11.8 Å². The van der Waals surface area contributed by atoms with Crippen molar-refractivity contribution in [2.45, 2.75) is 51.4 Å². The average Bonchev–Trinajstić information content (AvgIpc) is 3.49. The van der Waals surface area contributed by atoms with Crippen molar-refractivity contribution < 1.29 is 36.2 Å². The van der Waals surface area contributed by atoms with E-state index >= 15 is 8.78 Å². The largest absolute Gasteiger partial charge is 0.494 e. The molecule has 0 saturated heterocycles. The first-order valence-electron chi connectivity index (χ1n) is 16.0. The summed E-state index contributed by atoms with van der Waals surface area (Å²) in [7, 11) is 3.15. The molecule has 0 saturated carbocycles. The first-order chi connectivity index (χ1) is 23.4. The Kier molecular flexibility index (Phi) is 10.8. The SMILES string of the molecule is CCOC(=O)CCCN(C)C(c1ccccc1)[C@@H]1CNc2c(Cc3c(F)cccc3C(F)(F)F)c(C)c(-c3cccc(OC)c3F)c(=O)n21. The van der Waals surface area contributed by atoms with Crippen LogP contribution in [0.3, 0.4) is 0 Å². The summed E-state index contributed by atoms with van der Waals surface area (Å²) >= 11 is 0. The van der Waals surface area contributed by atoms with Crippen LogP contribution >= 0.6 is 0 Å². The molecule has 1 aliphatic rings. The van der Waals surface area contributed by atoms with Gasteiger partial charge < -0.3 is 14.8 Å². The lowest BCUT2D eigenvalue weighted by molar-refractivity contribution is -0.143. The monoisotopic (exact) mass is 683 g/mol. The zero-order chi connectivity index (χ0) is 35.5. The highest BCUT2D eigenvalue weighted by atomic mass is 19.4. The highest BCUT2D eigenvalue weighted by Crippen LogP contribution is 2.43. The summed E-state index contributed by atoms with van der Waals surface area (Å²) in [5, 5.41) is 3.25. The molecule has 0 amide bonds. The van der Waals surface area contributed by atoms with Crippen LogP contribution in [0.1, 0.15) is 59.7 Å². The summed E-state index contributed by atoms with van der Waals surface area (Å²) < 4.78 is 85.3. The van der Waals surface area contributed by atoms with Crippen LogP contribution in [-0.2, 0) is 22.1 Å². The molecule has 12 heteroatoms. The number of pyridine rings is 1. The van der Waals surface area contributed by atoms with Crippen molar-refractivity contribution in [2.75, 3.05) is 39.2 Å². The number of anilines is 1. The smallest absolute Gasteiger partial charge is 0.416 e. The van der Waals surface area contributed by atoms with E-state index in [1.54, 1.807) is 6.92 Å². The fourth-order valence-electron chi connectivity index (χ4n) is 6.75. The number of rotatable bonds is 12. The number of alkyl halides is 3. The number of fused-ring (bicyclic) bond motifs is 1. The number of methoxy groups -OCH3 is 1. The van der Waals surface area contributed by atoms with Gasteiger partial charge in [0.15, 0.2) is 11.6 Å². The molecule has 2 atom stereocenters. The van der Waals surface area contributed by atoms with Gasteiger partial charge in [0.05, 0.1) is 36.9 Å². The lowest BCUT2D eigenvalue weighted by Gasteiger charge is -2.34. The van der Waals surface area contributed by atoms with Crippen molar-refractivity contribution in [3.8, 4) is 16.9 Å². The molecule has 1 aromatic heterocycles. The Morgan fingerprint density at radius 2 is 1.76 bits per heavy atom. The van der Waals surface area contributed by atoms with Crippen LogP contribution in [-0.4, -0.2) is 49.3 Å². The molecule has 4 aromatic rings. The lowest BCUT2D eigenvalue weighted by atomic mass is 9.91. The van der Waals surface area contributed by atoms with E-state index in [4.69, 9.17) is 9.47 Å². The molecular formula is C37H38F5N3O4. The Labute approximate surface area is 281 Å². The maximum absolute atomic E-state index is 15.9. The van der Waals surface area contributed by atoms with E-state index < -0.39 is 53.0 Å². The third-order valence-corrected chi connectivity index (χ3v) is 9.01. The molecule has 0 aliphatic carbocycles. The second kappa shape index (κ2) is 14.8. The van der Waals surface area contributed by atoms with Crippen molar-refractivity contribution in [3.63, 3.8) is 0 Å². The molecule has 260 valence electrons. The Balaban J connectivity index is 1.72. The normalized spacial score (nSPS) is 14.8. The molecule has 1 N–H and O–H groups in total. The van der Waals surface area contributed by atoms with Gasteiger partial charge in [0.1, 0.15) is 11.6 Å². The molecular weight excluding hydrogens is 645 g/mol. The van der Waals surface area contributed by atoms with Gasteiger partial charge in [-0.2, -0.15) is 13.2 Å². The van der Waals surface area contributed by atoms with Gasteiger partial charge in [-0.15, -0.1) is 0 Å². The van der Waals surface area contributed by atoms with E-state index in [-0.39, 0.29) is 59.4 Å². The van der Waals surface area contributed by atoms with Gasteiger partial charge >= 0.3 is 12.1 Å². The summed E-state index contributed by atoms with van der Waals surface area (Å²) in [5.41, 5.74) is -1.15. The van der Waals surface area contributed by atoms with E-state index in [0.29, 0.717) is 13.0 Å². The molecule has 0 bridgehead atoms. The average molecular weight is 684 g/mol. The summed E-state index contributed by atoms with van der Waals surface area (Å²) in [6, 6.07) is 15.4. The zero-order valence-electron chi connectivity index (χ0n) is 27.7. The Morgan fingerprint density at radius 1 is 1.04 bits per heavy atom. The third-order valence-electron chi connectivity index (χ3n) is 9.01. The van der Waals surface area contributed by atoms with Gasteiger partial charge in [-0.3, -0.25) is 19.1 Å². The lowest BCUT2D eigenvalue weighted by Crippen LogP contribution is -2.37. The molecule has 1 aliphatic heterocycles. The molecule has 3 aromatic carbocycles. The second-order valence-electron chi connectivity index (χ2n) is 12.0. The second-order valence-corrected chi connectivity index (χ2v) is 12.0. The molecule has 0 spiro atoms. The van der Waals surface area contributed by atoms with Gasteiger partial charge in [-0.25, -0.2) is 8.78 Å². The van der Waals surface area contributed by atoms with Gasteiger partial charge in [-0.1, -0.05) is 48.5 Å². The first-order valence-corrected chi connectivity index (χ1v) is 16.0. The van der Waals surface area contributed by atoms with Gasteiger partial charge in [0.2, 0.25) is 0 Å². The molecule has 7 nitrogen and oxygen atoms in total. The number of nitrogens with one attached hydrogen (secondary N) is 1. The van der Waals surface area contributed by atoms with E-state index in [2.05, 4.69) is 5.32 Å². The van der Waals surface area contributed by atoms with E-state index in [1.807, 2.05) is 42.3 Å². The summed E-state index contributed by atoms with van der Waals surface area (Å²) in [5.74, 6) is -2.07. The maximum atomic E-state index is 15.9. The molecule has 49 heavy (non-hydrogen) atoms. The van der Waals surface area contributed by atoms with E-state index in [9.17, 15) is 22.8 Å². The minimum atomic E-state index is -4.84. The van der Waals surface area contributed by atoms with Crippen LogP contribution in [0, 0.1) is 18.6 Å². The maximum Gasteiger partial charge on any atom is 0.416 e. The van der Waals surface area contributed by atoms with Crippen LogP contribution in [0.15, 0.2) is 71.5 Å². The van der Waals surface area contributed by atoms with Crippen LogP contribution < -0.4 is 15.6 Å². The summed E-state index contributed by atoms with van der Waals surface area (Å²) in [6.45, 7) is 4.17. The number of ether oxygens (including phenoxy) is 2. The van der Waals surface area contributed by atoms with Crippen molar-refractivity contribution in [1.29, 1.82) is 0 Å². The van der Waals surface area contributed by atoms with E-state index in [0.717, 1.165) is 23.8 Å². The van der Waals surface area contributed by atoms with Gasteiger partial charge in [0, 0.05) is 36.1 Å². The van der Waals surface area contributed by atoms with Gasteiger partial charge in [0.25, 0.3) is 5.56 Å². The Morgan fingerprint density at radius 3 is 2.43 bits per heavy atom. The minimum Gasteiger partial charge on any atom is -0.494 e. The van der Waals surface area contributed by atoms with Crippen LogP contribution in [0.5, 0.6) is 5.75 Å². The quantitative estimate of drug-likeness (QED) is 0.122. The zero-order valence-corrected chi connectivity index (χ0v) is 27.7. The highest BCUT2D eigenvalue weighted by Gasteiger charge is 2.39. The highest BCUT2D eigenvalue weighted by molar-refractivity contribution is 5.74. The number of likely N-dealkylation sites (N-methyl/N-ethyl adjacent to an activating group) is 1. The van der Waals surface area contributed by atoms with Gasteiger partial charge in [-0.05, 0) is 63.2 Å². The number of aromatic nitrogens is 1. The minimum absolute atomic E-state index is 0.0643. The number of nitrogens with zero attached hydrogens (tertiary/aromatic N) is 2. The molecule has 1 unspecified atom stereocenters. The number of benzene rings is 3. The van der Waals surface area contributed by atoms with Crippen LogP contribution in [0.2, 0.25) is 0 Å². The predicted octanol–water partition coefficient (Wildman–Crippen LogP) is 7.70. The summed E-state index contributed by atoms with van der Waals surface area (Å²) in [6.07, 6.45) is -4.71. The number of carbonyl (C=O) groups excluding carboxylic acids is 1. The Hall–Kier alpha value is -4.71. The number of halogens is 5. The summed E-state index contributed by atoms with van der Waals surface area (Å²) in [4.78, 5) is 28.7. The van der Waals surface area contributed by atoms with Crippen molar-refractivity contribution in [3.05, 3.63) is 117 Å². The number of hydrogen-bond acceptors (Lipinski definition) is 6. The van der Waals surface area contributed by atoms with E-state index in [1.165, 1.54) is 36.8 Å². The number of esters is 1. The predicted molar refractivity (Wildman–Crippen MR) is 177 cm³/mol. The fourth-order valence-corrected chi connectivity index (χ4v) is 6.75. The first kappa shape index (κ1) is 35.6. The molecule has 5 rings (SSSR count). The van der Waals surface area contributed by atoms with Crippen LogP contribution in [0.4, 0.5) is 27.8 Å².